The number of hydrogen-bond acceptors (Lipinski definition) is 6. The summed E-state index contributed by atoms with van der Waals surface area (Å²) in [5.74, 6) is 0.562. The van der Waals surface area contributed by atoms with Gasteiger partial charge in [-0.1, -0.05) is 78.1 Å². The number of hydrogen-bond donors (Lipinski definition) is 1. The number of carbonyl (C=O) groups is 2. The van der Waals surface area contributed by atoms with Crippen molar-refractivity contribution < 1.29 is 19.1 Å². The molecule has 3 aromatic rings. The molecule has 6 nitrogen and oxygen atoms in total. The lowest BCUT2D eigenvalue weighted by Crippen LogP contribution is -2.30. The van der Waals surface area contributed by atoms with E-state index in [9.17, 15) is 9.59 Å². The van der Waals surface area contributed by atoms with Gasteiger partial charge in [-0.15, -0.1) is 0 Å². The summed E-state index contributed by atoms with van der Waals surface area (Å²) in [6.07, 6.45) is 1.80. The summed E-state index contributed by atoms with van der Waals surface area (Å²) in [7, 11) is 0. The van der Waals surface area contributed by atoms with Crippen LogP contribution in [0.3, 0.4) is 0 Å². The number of nitrogens with one attached hydrogen (secondary N) is 1. The van der Waals surface area contributed by atoms with Gasteiger partial charge in [0.25, 0.3) is 11.8 Å². The number of amides is 2. The number of benzene rings is 3. The van der Waals surface area contributed by atoms with Gasteiger partial charge in [-0.05, 0) is 75.1 Å². The van der Waals surface area contributed by atoms with E-state index in [1.807, 2.05) is 83.1 Å². The highest BCUT2D eigenvalue weighted by molar-refractivity contribution is 8.26. The van der Waals surface area contributed by atoms with Crippen molar-refractivity contribution in [3.63, 3.8) is 0 Å². The van der Waals surface area contributed by atoms with Crippen LogP contribution in [0.5, 0.6) is 11.5 Å². The Bertz CT molecular complexity index is 1410. The lowest BCUT2D eigenvalue weighted by atomic mass is 10.1. The van der Waals surface area contributed by atoms with Crippen LogP contribution in [-0.2, 0) is 9.59 Å². The van der Waals surface area contributed by atoms with Gasteiger partial charge in [-0.2, -0.15) is 0 Å². The second kappa shape index (κ2) is 12.5. The Labute approximate surface area is 239 Å². The zero-order valence-corrected chi connectivity index (χ0v) is 24.4. The minimum Gasteiger partial charge on any atom is -0.490 e. The molecule has 1 atom stereocenters. The number of thiocarbonyl (C=S) groups is 1. The van der Waals surface area contributed by atoms with Gasteiger partial charge in [0, 0.05) is 5.69 Å². The summed E-state index contributed by atoms with van der Waals surface area (Å²) in [5.41, 5.74) is 5.75. The number of aryl methyl sites for hydroxylation is 3. The minimum absolute atomic E-state index is 0.127. The number of ether oxygens (including phenoxy) is 2. The van der Waals surface area contributed by atoms with Crippen molar-refractivity contribution >= 4 is 51.9 Å². The maximum absolute atomic E-state index is 13.3. The van der Waals surface area contributed by atoms with Crippen molar-refractivity contribution in [2.24, 2.45) is 0 Å². The van der Waals surface area contributed by atoms with Crippen molar-refractivity contribution in [3.8, 4) is 11.5 Å². The van der Waals surface area contributed by atoms with Crippen LogP contribution in [0.2, 0.25) is 0 Å². The van der Waals surface area contributed by atoms with Crippen LogP contribution in [-0.4, -0.2) is 34.2 Å². The fourth-order valence-corrected chi connectivity index (χ4v) is 5.96. The molecule has 1 aliphatic rings. The normalized spacial score (nSPS) is 15.0. The summed E-state index contributed by atoms with van der Waals surface area (Å²) in [4.78, 5) is 28.1. The number of anilines is 1. The summed E-state index contributed by atoms with van der Waals surface area (Å²) < 4.78 is 12.1. The smallest absolute Gasteiger partial charge is 0.266 e. The van der Waals surface area contributed by atoms with E-state index < -0.39 is 0 Å². The van der Waals surface area contributed by atoms with Crippen molar-refractivity contribution in [3.05, 3.63) is 93.4 Å². The van der Waals surface area contributed by atoms with Gasteiger partial charge in [0.15, 0.2) is 18.1 Å². The molecular formula is C31H32N2O4S2. The van der Waals surface area contributed by atoms with E-state index in [0.717, 1.165) is 33.5 Å². The Morgan fingerprint density at radius 2 is 1.72 bits per heavy atom. The maximum Gasteiger partial charge on any atom is 0.266 e. The lowest BCUT2D eigenvalue weighted by Gasteiger charge is -2.23. The number of carbonyl (C=O) groups excluding carboxylic acids is 2. The molecule has 1 aliphatic heterocycles. The van der Waals surface area contributed by atoms with Crippen molar-refractivity contribution in [2.75, 3.05) is 18.5 Å². The van der Waals surface area contributed by atoms with Crippen LogP contribution < -0.4 is 14.8 Å². The molecule has 1 fully saturated rings. The average molecular weight is 561 g/mol. The van der Waals surface area contributed by atoms with Crippen LogP contribution in [0.15, 0.2) is 65.6 Å². The molecule has 3 aromatic carbocycles. The number of rotatable bonds is 9. The van der Waals surface area contributed by atoms with Crippen LogP contribution in [0.25, 0.3) is 6.08 Å². The van der Waals surface area contributed by atoms with Crippen LogP contribution in [0, 0.1) is 20.8 Å². The van der Waals surface area contributed by atoms with Crippen molar-refractivity contribution in [2.45, 2.75) is 40.7 Å². The molecule has 1 heterocycles. The molecule has 0 spiro atoms. The van der Waals surface area contributed by atoms with Crippen LogP contribution in [0.1, 0.15) is 47.7 Å². The fourth-order valence-electron chi connectivity index (χ4n) is 4.54. The molecule has 0 aliphatic carbocycles. The van der Waals surface area contributed by atoms with Gasteiger partial charge in [0.1, 0.15) is 4.32 Å². The Morgan fingerprint density at radius 3 is 2.38 bits per heavy atom. The maximum atomic E-state index is 13.3. The second-order valence-electron chi connectivity index (χ2n) is 9.39. The summed E-state index contributed by atoms with van der Waals surface area (Å²) in [5, 5.41) is 2.95. The molecule has 0 bridgehead atoms. The van der Waals surface area contributed by atoms with Gasteiger partial charge in [-0.25, -0.2) is 0 Å². The first-order chi connectivity index (χ1) is 18.7. The first-order valence-electron chi connectivity index (χ1n) is 12.8. The summed E-state index contributed by atoms with van der Waals surface area (Å²) >= 11 is 6.83. The fraction of sp³-hybridized carbons (Fsp3) is 0.258. The molecule has 1 N–H and O–H groups in total. The molecular weight excluding hydrogens is 528 g/mol. The summed E-state index contributed by atoms with van der Waals surface area (Å²) in [6, 6.07) is 19.1. The molecule has 8 heteroatoms. The largest absolute Gasteiger partial charge is 0.490 e. The van der Waals surface area contributed by atoms with E-state index in [1.54, 1.807) is 23.1 Å². The second-order valence-corrected chi connectivity index (χ2v) is 11.1. The van der Waals surface area contributed by atoms with E-state index in [4.69, 9.17) is 21.7 Å². The van der Waals surface area contributed by atoms with Gasteiger partial charge >= 0.3 is 0 Å². The average Bonchev–Trinajstić information content (AvgIpc) is 3.18. The molecule has 0 unspecified atom stereocenters. The number of thioether (sulfide) groups is 1. The third kappa shape index (κ3) is 6.69. The Morgan fingerprint density at radius 1 is 1.03 bits per heavy atom. The SMILES string of the molecule is CCOc1cc(/C=C2\SC(=S)N([C@H](C)c3ccccc3)C2=O)ccc1OCC(=O)Nc1c(C)cc(C)cc1C. The highest BCUT2D eigenvalue weighted by Gasteiger charge is 2.35. The molecule has 39 heavy (non-hydrogen) atoms. The van der Waals surface area contributed by atoms with Gasteiger partial charge in [-0.3, -0.25) is 14.5 Å². The van der Waals surface area contributed by atoms with Gasteiger partial charge in [0.2, 0.25) is 0 Å². The highest BCUT2D eigenvalue weighted by atomic mass is 32.2. The molecule has 0 saturated carbocycles. The Hall–Kier alpha value is -3.62. The predicted octanol–water partition coefficient (Wildman–Crippen LogP) is 6.99. The van der Waals surface area contributed by atoms with Gasteiger partial charge < -0.3 is 14.8 Å². The van der Waals surface area contributed by atoms with Gasteiger partial charge in [0.05, 0.1) is 17.6 Å². The highest BCUT2D eigenvalue weighted by Crippen LogP contribution is 2.39. The quantitative estimate of drug-likeness (QED) is 0.225. The number of nitrogens with zero attached hydrogens (tertiary/aromatic N) is 1. The molecule has 2 amide bonds. The Kier molecular flexibility index (Phi) is 9.09. The van der Waals surface area contributed by atoms with E-state index >= 15 is 0 Å². The topological polar surface area (TPSA) is 67.9 Å². The van der Waals surface area contributed by atoms with Crippen LogP contribution >= 0.6 is 24.0 Å². The first-order valence-corrected chi connectivity index (χ1v) is 14.0. The van der Waals surface area contributed by atoms with E-state index in [1.165, 1.54) is 11.8 Å². The Balaban J connectivity index is 1.47. The zero-order valence-electron chi connectivity index (χ0n) is 22.7. The molecule has 0 radical (unpaired) electrons. The monoisotopic (exact) mass is 560 g/mol. The minimum atomic E-state index is -0.257. The van der Waals surface area contributed by atoms with E-state index in [2.05, 4.69) is 5.32 Å². The third-order valence-electron chi connectivity index (χ3n) is 6.36. The predicted molar refractivity (Wildman–Crippen MR) is 162 cm³/mol. The first kappa shape index (κ1) is 28.4. The zero-order chi connectivity index (χ0) is 28.1. The lowest BCUT2D eigenvalue weighted by molar-refractivity contribution is -0.123. The molecule has 1 saturated heterocycles. The van der Waals surface area contributed by atoms with Crippen molar-refractivity contribution in [1.29, 1.82) is 0 Å². The van der Waals surface area contributed by atoms with Crippen LogP contribution in [0.4, 0.5) is 5.69 Å². The standard InChI is InChI=1S/C31H32N2O4S2/c1-6-36-26-16-23(17-27-30(35)33(31(38)39-27)22(5)24-10-8-7-9-11-24)12-13-25(26)37-18-28(34)32-29-20(3)14-19(2)15-21(29)4/h7-17,22H,6,18H2,1-5H3,(H,32,34)/b27-17-/t22-/m1/s1. The third-order valence-corrected chi connectivity index (χ3v) is 7.69. The molecule has 202 valence electrons. The summed E-state index contributed by atoms with van der Waals surface area (Å²) in [6.45, 7) is 10.1. The molecule has 0 aromatic heterocycles. The van der Waals surface area contributed by atoms with E-state index in [0.29, 0.717) is 27.3 Å². The molecule has 4 rings (SSSR count). The van der Waals surface area contributed by atoms with E-state index in [-0.39, 0.29) is 24.5 Å². The van der Waals surface area contributed by atoms with Crippen molar-refractivity contribution in [1.82, 2.24) is 4.90 Å².